The van der Waals surface area contributed by atoms with Crippen molar-refractivity contribution >= 4 is 5.69 Å². The molecule has 0 aliphatic rings. The lowest BCUT2D eigenvalue weighted by atomic mass is 9.88. The maximum Gasteiger partial charge on any atom is 0.269 e. The molecule has 0 heterocycles. The first-order valence-corrected chi connectivity index (χ1v) is 5.52. The highest BCUT2D eigenvalue weighted by Crippen LogP contribution is 2.29. The Labute approximate surface area is 109 Å². The number of hydrogen-bond acceptors (Lipinski definition) is 4. The number of aliphatic hydroxyl groups is 1. The van der Waals surface area contributed by atoms with Crippen LogP contribution in [0.1, 0.15) is 11.1 Å². The van der Waals surface area contributed by atoms with Crippen LogP contribution in [0.5, 0.6) is 0 Å². The van der Waals surface area contributed by atoms with Crippen LogP contribution in [0.3, 0.4) is 0 Å². The van der Waals surface area contributed by atoms with Crippen molar-refractivity contribution in [2.75, 3.05) is 0 Å². The molecule has 0 bridgehead atoms. The van der Waals surface area contributed by atoms with Crippen molar-refractivity contribution in [1.29, 1.82) is 5.26 Å². The minimum Gasteiger partial charge on any atom is -0.368 e. The van der Waals surface area contributed by atoms with Gasteiger partial charge in [0.2, 0.25) is 5.60 Å². The zero-order valence-corrected chi connectivity index (χ0v) is 9.85. The maximum absolute atomic E-state index is 10.6. The molecule has 0 spiro atoms. The Balaban J connectivity index is 2.48. The summed E-state index contributed by atoms with van der Waals surface area (Å²) < 4.78 is 0. The van der Waals surface area contributed by atoms with Gasteiger partial charge in [0.1, 0.15) is 6.07 Å². The Morgan fingerprint density at radius 2 is 1.58 bits per heavy atom. The molecule has 5 nitrogen and oxygen atoms in total. The lowest BCUT2D eigenvalue weighted by Crippen LogP contribution is -2.24. The van der Waals surface area contributed by atoms with Gasteiger partial charge in [-0.2, -0.15) is 5.26 Å². The molecule has 2 rings (SSSR count). The molecule has 0 fully saturated rings. The van der Waals surface area contributed by atoms with Crippen LogP contribution >= 0.6 is 0 Å². The van der Waals surface area contributed by atoms with Gasteiger partial charge in [0.15, 0.2) is 0 Å². The van der Waals surface area contributed by atoms with Gasteiger partial charge < -0.3 is 5.11 Å². The van der Waals surface area contributed by atoms with Crippen molar-refractivity contribution in [3.8, 4) is 6.07 Å². The van der Waals surface area contributed by atoms with E-state index < -0.39 is 10.5 Å². The molecule has 94 valence electrons. The average Bonchev–Trinajstić information content (AvgIpc) is 2.47. The van der Waals surface area contributed by atoms with E-state index in [-0.39, 0.29) is 5.69 Å². The Bertz CT molecular complexity index is 632. The van der Waals surface area contributed by atoms with E-state index in [9.17, 15) is 20.5 Å². The van der Waals surface area contributed by atoms with Crippen molar-refractivity contribution in [3.05, 3.63) is 75.8 Å². The van der Waals surface area contributed by atoms with E-state index in [1.807, 2.05) is 6.07 Å². The highest BCUT2D eigenvalue weighted by Gasteiger charge is 2.31. The molecule has 0 aliphatic heterocycles. The molecule has 0 aliphatic carbocycles. The minimum atomic E-state index is -1.81. The fourth-order valence-corrected chi connectivity index (χ4v) is 1.80. The Morgan fingerprint density at radius 3 is 2.05 bits per heavy atom. The molecule has 1 atom stereocenters. The van der Waals surface area contributed by atoms with Gasteiger partial charge in [-0.05, 0) is 12.1 Å². The van der Waals surface area contributed by atoms with Crippen LogP contribution in [0.2, 0.25) is 0 Å². The highest BCUT2D eigenvalue weighted by atomic mass is 16.6. The Hall–Kier alpha value is -2.71. The summed E-state index contributed by atoms with van der Waals surface area (Å²) in [5.41, 5.74) is -1.17. The second kappa shape index (κ2) is 4.88. The van der Waals surface area contributed by atoms with Crippen molar-refractivity contribution in [2.24, 2.45) is 0 Å². The second-order valence-corrected chi connectivity index (χ2v) is 3.99. The fourth-order valence-electron chi connectivity index (χ4n) is 1.80. The summed E-state index contributed by atoms with van der Waals surface area (Å²) in [6.07, 6.45) is 0. The van der Waals surface area contributed by atoms with Gasteiger partial charge >= 0.3 is 0 Å². The third-order valence-electron chi connectivity index (χ3n) is 2.85. The number of non-ortho nitro benzene ring substituents is 1. The fraction of sp³-hybridized carbons (Fsp3) is 0.0714. The van der Waals surface area contributed by atoms with Gasteiger partial charge in [0.25, 0.3) is 5.69 Å². The first kappa shape index (κ1) is 12.7. The van der Waals surface area contributed by atoms with E-state index in [1.165, 1.54) is 24.3 Å². The summed E-state index contributed by atoms with van der Waals surface area (Å²) in [6, 6.07) is 15.6. The summed E-state index contributed by atoms with van der Waals surface area (Å²) in [5.74, 6) is 0. The van der Waals surface area contributed by atoms with Gasteiger partial charge in [-0.25, -0.2) is 0 Å². The topological polar surface area (TPSA) is 87.2 Å². The highest BCUT2D eigenvalue weighted by molar-refractivity contribution is 5.45. The van der Waals surface area contributed by atoms with E-state index in [0.29, 0.717) is 11.1 Å². The molecule has 2 aromatic carbocycles. The third-order valence-corrected chi connectivity index (χ3v) is 2.85. The number of benzene rings is 2. The summed E-state index contributed by atoms with van der Waals surface area (Å²) in [4.78, 5) is 10.0. The summed E-state index contributed by atoms with van der Waals surface area (Å²) in [7, 11) is 0. The molecule has 5 heteroatoms. The SMILES string of the molecule is N#C[C@](O)(c1ccccc1)c1ccc([N+](=O)[O-])cc1. The predicted octanol–water partition coefficient (Wildman–Crippen LogP) is 2.35. The van der Waals surface area contributed by atoms with Crippen LogP contribution in [0.15, 0.2) is 54.6 Å². The number of nitro groups is 1. The molecule has 0 saturated carbocycles. The zero-order chi connectivity index (χ0) is 13.9. The lowest BCUT2D eigenvalue weighted by Gasteiger charge is -2.20. The number of nitrogens with zero attached hydrogens (tertiary/aromatic N) is 2. The largest absolute Gasteiger partial charge is 0.368 e. The minimum absolute atomic E-state index is 0.0860. The molecular formula is C14H10N2O3. The quantitative estimate of drug-likeness (QED) is 0.517. The van der Waals surface area contributed by atoms with E-state index in [1.54, 1.807) is 30.3 Å². The molecular weight excluding hydrogens is 244 g/mol. The van der Waals surface area contributed by atoms with Crippen LogP contribution < -0.4 is 0 Å². The van der Waals surface area contributed by atoms with Gasteiger partial charge in [0, 0.05) is 23.3 Å². The predicted molar refractivity (Wildman–Crippen MR) is 68.2 cm³/mol. The Kier molecular flexibility index (Phi) is 3.27. The standard InChI is InChI=1S/C14H10N2O3/c15-10-14(17,11-4-2-1-3-5-11)12-6-8-13(9-7-12)16(18)19/h1-9,17H/t14-/m0/s1. The normalized spacial score (nSPS) is 13.3. The molecule has 19 heavy (non-hydrogen) atoms. The van der Waals surface area contributed by atoms with Gasteiger partial charge in [-0.3, -0.25) is 10.1 Å². The van der Waals surface area contributed by atoms with Crippen LogP contribution in [0.4, 0.5) is 5.69 Å². The third kappa shape index (κ3) is 2.30. The molecule has 1 N–H and O–H groups in total. The molecule has 0 saturated heterocycles. The van der Waals surface area contributed by atoms with Crippen LogP contribution in [-0.2, 0) is 5.60 Å². The first-order valence-electron chi connectivity index (χ1n) is 5.52. The van der Waals surface area contributed by atoms with Gasteiger partial charge in [-0.1, -0.05) is 30.3 Å². The van der Waals surface area contributed by atoms with Crippen LogP contribution in [-0.4, -0.2) is 10.0 Å². The van der Waals surface area contributed by atoms with Gasteiger partial charge in [0.05, 0.1) is 4.92 Å². The van der Waals surface area contributed by atoms with E-state index >= 15 is 0 Å². The summed E-state index contributed by atoms with van der Waals surface area (Å²) in [5, 5.41) is 30.3. The van der Waals surface area contributed by atoms with E-state index in [4.69, 9.17) is 0 Å². The van der Waals surface area contributed by atoms with E-state index in [2.05, 4.69) is 0 Å². The number of rotatable bonds is 3. The van der Waals surface area contributed by atoms with Crippen molar-refractivity contribution in [2.45, 2.75) is 5.60 Å². The van der Waals surface area contributed by atoms with Gasteiger partial charge in [-0.15, -0.1) is 0 Å². The summed E-state index contributed by atoms with van der Waals surface area (Å²) in [6.45, 7) is 0. The smallest absolute Gasteiger partial charge is 0.269 e. The number of nitriles is 1. The average molecular weight is 254 g/mol. The van der Waals surface area contributed by atoms with Crippen LogP contribution in [0.25, 0.3) is 0 Å². The molecule has 0 radical (unpaired) electrons. The molecule has 0 unspecified atom stereocenters. The second-order valence-electron chi connectivity index (χ2n) is 3.99. The van der Waals surface area contributed by atoms with Crippen molar-refractivity contribution < 1.29 is 10.0 Å². The monoisotopic (exact) mass is 254 g/mol. The Morgan fingerprint density at radius 1 is 1.05 bits per heavy atom. The van der Waals surface area contributed by atoms with Crippen LogP contribution in [0, 0.1) is 21.4 Å². The lowest BCUT2D eigenvalue weighted by molar-refractivity contribution is -0.384. The number of hydrogen-bond donors (Lipinski definition) is 1. The zero-order valence-electron chi connectivity index (χ0n) is 9.85. The summed E-state index contributed by atoms with van der Waals surface area (Å²) >= 11 is 0. The molecule has 0 aromatic heterocycles. The first-order chi connectivity index (χ1) is 9.08. The van der Waals surface area contributed by atoms with Crippen molar-refractivity contribution in [3.63, 3.8) is 0 Å². The number of nitro benzene ring substituents is 1. The molecule has 0 amide bonds. The maximum atomic E-state index is 10.6. The van der Waals surface area contributed by atoms with Crippen molar-refractivity contribution in [1.82, 2.24) is 0 Å². The van der Waals surface area contributed by atoms with E-state index in [0.717, 1.165) is 0 Å². The molecule has 2 aromatic rings.